The van der Waals surface area contributed by atoms with Crippen LogP contribution < -0.4 is 4.74 Å². The van der Waals surface area contributed by atoms with Crippen molar-refractivity contribution in [1.29, 1.82) is 0 Å². The van der Waals surface area contributed by atoms with Gasteiger partial charge in [-0.2, -0.15) is 0 Å². The number of methoxy groups -OCH3 is 1. The molecule has 4 rings (SSSR count). The predicted molar refractivity (Wildman–Crippen MR) is 133 cm³/mol. The van der Waals surface area contributed by atoms with E-state index in [1.165, 1.54) is 12.7 Å². The number of hydroxylamine groups is 2. The monoisotopic (exact) mass is 557 g/mol. The number of carbonyl (C=O) groups excluding carboxylic acids is 3. The summed E-state index contributed by atoms with van der Waals surface area (Å²) >= 11 is -1.45. The van der Waals surface area contributed by atoms with Crippen molar-refractivity contribution in [2.45, 2.75) is 19.3 Å². The second-order valence-electron chi connectivity index (χ2n) is 7.59. The summed E-state index contributed by atoms with van der Waals surface area (Å²) in [7, 11) is 1.67. The van der Waals surface area contributed by atoms with Crippen molar-refractivity contribution in [2.24, 2.45) is 0 Å². The maximum absolute atomic E-state index is 12.2. The average molecular weight is 557 g/mol. The van der Waals surface area contributed by atoms with Gasteiger partial charge in [-0.15, -0.1) is 0 Å². The average Bonchev–Trinajstić information content (AvgIpc) is 3.16. The van der Waals surface area contributed by atoms with Crippen molar-refractivity contribution >= 4 is 37.6 Å². The number of halogens is 1. The topological polar surface area (TPSA) is 72.9 Å². The van der Waals surface area contributed by atoms with Crippen LogP contribution in [-0.4, -0.2) is 34.9 Å². The fraction of sp³-hybridized carbons (Fsp3) is 0.192. The Morgan fingerprint density at radius 1 is 0.818 bits per heavy atom. The molecule has 7 heteroatoms. The summed E-state index contributed by atoms with van der Waals surface area (Å²) in [6, 6.07) is 24.1. The number of imide groups is 1. The first-order valence-electron chi connectivity index (χ1n) is 10.4. The van der Waals surface area contributed by atoms with Gasteiger partial charge >= 0.3 is 166 Å². The summed E-state index contributed by atoms with van der Waals surface area (Å²) < 4.78 is 8.02. The van der Waals surface area contributed by atoms with Crippen molar-refractivity contribution in [1.82, 2.24) is 5.06 Å². The van der Waals surface area contributed by atoms with Gasteiger partial charge in [-0.1, -0.05) is 0 Å². The molecule has 0 aliphatic carbocycles. The van der Waals surface area contributed by atoms with E-state index in [9.17, 15) is 14.4 Å². The molecule has 1 fully saturated rings. The first-order chi connectivity index (χ1) is 15.9. The Bertz CT molecular complexity index is 1140. The molecule has 0 bridgehead atoms. The Balaban J connectivity index is 1.37. The van der Waals surface area contributed by atoms with Crippen LogP contribution in [0.15, 0.2) is 72.8 Å². The molecule has 33 heavy (non-hydrogen) atoms. The van der Waals surface area contributed by atoms with Gasteiger partial charge in [0.05, 0.1) is 0 Å². The van der Waals surface area contributed by atoms with E-state index >= 15 is 0 Å². The number of nitrogens with zero attached hydrogens (tertiary/aromatic N) is 1. The van der Waals surface area contributed by atoms with E-state index in [1.54, 1.807) is 19.2 Å². The number of carbonyl (C=O) groups is 3. The Kier molecular flexibility index (Phi) is 7.08. The number of alkyl halides is 1. The van der Waals surface area contributed by atoms with Crippen LogP contribution in [0.4, 0.5) is 0 Å². The molecule has 1 aliphatic rings. The van der Waals surface area contributed by atoms with Gasteiger partial charge in [0.15, 0.2) is 0 Å². The van der Waals surface area contributed by atoms with E-state index in [0.717, 1.165) is 17.7 Å². The summed E-state index contributed by atoms with van der Waals surface area (Å²) in [5, 5.41) is 0.564. The molecule has 1 heterocycles. The van der Waals surface area contributed by atoms with Crippen LogP contribution in [0.1, 0.15) is 34.3 Å². The molecule has 6 nitrogen and oxygen atoms in total. The predicted octanol–water partition coefficient (Wildman–Crippen LogP) is 4.68. The van der Waals surface area contributed by atoms with Gasteiger partial charge in [0, 0.05) is 12.8 Å². The molecular formula is C26H24INO5. The summed E-state index contributed by atoms with van der Waals surface area (Å²) in [5.41, 5.74) is 2.53. The first kappa shape index (κ1) is 23.0. The maximum atomic E-state index is 12.2. The normalized spacial score (nSPS) is 13.8. The van der Waals surface area contributed by atoms with Gasteiger partial charge in [-0.05, 0) is 0 Å². The molecule has 0 unspecified atom stereocenters. The number of ether oxygens (including phenoxy) is 1. The molecule has 3 aromatic carbocycles. The number of hydrogen-bond acceptors (Lipinski definition) is 5. The van der Waals surface area contributed by atoms with Crippen LogP contribution >= 0.6 is 19.8 Å². The molecule has 1 saturated heterocycles. The van der Waals surface area contributed by atoms with Crippen LogP contribution in [0.3, 0.4) is 0 Å². The van der Waals surface area contributed by atoms with Crippen LogP contribution in [0.5, 0.6) is 5.75 Å². The summed E-state index contributed by atoms with van der Waals surface area (Å²) in [5.74, 6) is -0.820. The van der Waals surface area contributed by atoms with Gasteiger partial charge in [0.25, 0.3) is 11.8 Å². The van der Waals surface area contributed by atoms with E-state index in [2.05, 4.69) is 41.3 Å². The van der Waals surface area contributed by atoms with Crippen LogP contribution in [0.25, 0.3) is 0 Å². The summed E-state index contributed by atoms with van der Waals surface area (Å²) in [4.78, 5) is 42.8. The van der Waals surface area contributed by atoms with Crippen LogP contribution in [0, 0.1) is 7.14 Å². The Morgan fingerprint density at radius 3 is 1.82 bits per heavy atom. The molecule has 0 atom stereocenters. The Hall–Kier alpha value is -3.20. The first-order valence-corrected chi connectivity index (χ1v) is 14.8. The van der Waals surface area contributed by atoms with Crippen LogP contribution in [-0.2, 0) is 20.8 Å². The standard InChI is InChI=1S/C26H24INO5/c1-27(22-11-13-23(32-2)14-12-22)21-9-5-19(6-10-21)17-18-3-7-20(8-4-18)26(31)33-28-24(29)15-16-25(28)30/h3-14H,15-17H2,1-2H3. The van der Waals surface area contributed by atoms with Crippen LogP contribution in [0.2, 0.25) is 0 Å². The Morgan fingerprint density at radius 2 is 1.30 bits per heavy atom. The Labute approximate surface area is 199 Å². The van der Waals surface area contributed by atoms with E-state index in [0.29, 0.717) is 10.6 Å². The fourth-order valence-corrected chi connectivity index (χ4v) is 7.06. The number of benzene rings is 3. The minimum absolute atomic E-state index is 0.0749. The van der Waals surface area contributed by atoms with Gasteiger partial charge < -0.3 is 0 Å². The molecule has 0 spiro atoms. The van der Waals surface area contributed by atoms with Crippen molar-refractivity contribution in [3.05, 3.63) is 96.6 Å². The van der Waals surface area contributed by atoms with Crippen molar-refractivity contribution < 1.29 is 24.0 Å². The third kappa shape index (κ3) is 5.42. The minimum atomic E-state index is -1.45. The summed E-state index contributed by atoms with van der Waals surface area (Å²) in [6.45, 7) is 0. The molecule has 170 valence electrons. The molecule has 0 radical (unpaired) electrons. The number of hydrogen-bond donors (Lipinski definition) is 0. The number of rotatable bonds is 7. The summed E-state index contributed by atoms with van der Waals surface area (Å²) in [6.07, 6.45) is 0.885. The van der Waals surface area contributed by atoms with Crippen molar-refractivity contribution in [3.63, 3.8) is 0 Å². The zero-order chi connectivity index (χ0) is 23.4. The zero-order valence-corrected chi connectivity index (χ0v) is 20.6. The third-order valence-corrected chi connectivity index (χ3v) is 10.6. The molecule has 1 aliphatic heterocycles. The van der Waals surface area contributed by atoms with Gasteiger partial charge in [-0.25, -0.2) is 0 Å². The van der Waals surface area contributed by atoms with Crippen molar-refractivity contribution in [2.75, 3.05) is 12.0 Å². The van der Waals surface area contributed by atoms with E-state index in [1.807, 2.05) is 24.3 Å². The van der Waals surface area contributed by atoms with Gasteiger partial charge in [0.2, 0.25) is 0 Å². The molecule has 0 saturated carbocycles. The molecule has 2 amide bonds. The number of amides is 2. The second-order valence-corrected chi connectivity index (χ2v) is 12.8. The molecule has 0 N–H and O–H groups in total. The zero-order valence-electron chi connectivity index (χ0n) is 18.4. The third-order valence-electron chi connectivity index (χ3n) is 5.40. The SMILES string of the molecule is COc1ccc(I(C)c2ccc(Cc3ccc(C(=O)ON4C(=O)CCC4=O)cc3)cc2)cc1. The second kappa shape index (κ2) is 10.2. The van der Waals surface area contributed by atoms with Crippen molar-refractivity contribution in [3.8, 4) is 5.75 Å². The quantitative estimate of drug-likeness (QED) is 0.240. The van der Waals surface area contributed by atoms with E-state index in [-0.39, 0.29) is 12.8 Å². The van der Waals surface area contributed by atoms with E-state index in [4.69, 9.17) is 9.57 Å². The molecule has 3 aromatic rings. The molecular weight excluding hydrogens is 533 g/mol. The fourth-order valence-electron chi connectivity index (χ4n) is 3.46. The van der Waals surface area contributed by atoms with Gasteiger partial charge in [0.1, 0.15) is 0 Å². The van der Waals surface area contributed by atoms with E-state index < -0.39 is 37.6 Å². The molecule has 0 aromatic heterocycles. The van der Waals surface area contributed by atoms with Gasteiger partial charge in [-0.3, -0.25) is 9.59 Å².